The maximum Gasteiger partial charge on any atom is 0.135 e. The molecular formula is C14H12Cl2N2OS. The summed E-state index contributed by atoms with van der Waals surface area (Å²) in [5.74, 6) is 0.783. The van der Waals surface area contributed by atoms with Gasteiger partial charge >= 0.3 is 0 Å². The lowest BCUT2D eigenvalue weighted by Crippen LogP contribution is -2.15. The highest BCUT2D eigenvalue weighted by Crippen LogP contribution is 2.26. The zero-order chi connectivity index (χ0) is 14.1. The summed E-state index contributed by atoms with van der Waals surface area (Å²) in [5, 5.41) is 1.28. The number of nitrogens with one attached hydrogen (secondary N) is 1. The van der Waals surface area contributed by atoms with Crippen LogP contribution < -0.4 is 0 Å². The van der Waals surface area contributed by atoms with Crippen LogP contribution in [-0.4, -0.2) is 16.6 Å². The van der Waals surface area contributed by atoms with E-state index < -0.39 is 0 Å². The zero-order valence-electron chi connectivity index (χ0n) is 10.6. The molecule has 0 saturated heterocycles. The molecule has 20 heavy (non-hydrogen) atoms. The van der Waals surface area contributed by atoms with Crippen molar-refractivity contribution in [3.63, 3.8) is 0 Å². The van der Waals surface area contributed by atoms with Gasteiger partial charge in [-0.15, -0.1) is 0 Å². The second-order valence-corrected chi connectivity index (χ2v) is 5.83. The minimum Gasteiger partial charge on any atom is -0.376 e. The zero-order valence-corrected chi connectivity index (χ0v) is 12.9. The van der Waals surface area contributed by atoms with Crippen LogP contribution in [0.3, 0.4) is 0 Å². The molecule has 0 fully saturated rings. The molecule has 2 aromatic rings. The van der Waals surface area contributed by atoms with E-state index in [0.29, 0.717) is 34.3 Å². The molecule has 1 N–H and O–H groups in total. The number of aromatic amines is 1. The highest BCUT2D eigenvalue weighted by Gasteiger charge is 2.15. The minimum atomic E-state index is 0.533. The number of nitrogens with zero attached hydrogens (tertiary/aromatic N) is 1. The molecule has 1 aromatic heterocycles. The summed E-state index contributed by atoms with van der Waals surface area (Å²) in [6.07, 6.45) is 1.36. The van der Waals surface area contributed by atoms with Gasteiger partial charge in [0, 0.05) is 34.1 Å². The summed E-state index contributed by atoms with van der Waals surface area (Å²) >= 11 is 17.7. The van der Waals surface area contributed by atoms with Crippen molar-refractivity contribution in [1.82, 2.24) is 9.97 Å². The van der Waals surface area contributed by atoms with Gasteiger partial charge in [-0.05, 0) is 17.7 Å². The van der Waals surface area contributed by atoms with Gasteiger partial charge in [-0.2, -0.15) is 0 Å². The van der Waals surface area contributed by atoms with Crippen LogP contribution in [0.1, 0.15) is 22.6 Å². The Morgan fingerprint density at radius 1 is 1.30 bits per heavy atom. The van der Waals surface area contributed by atoms with Gasteiger partial charge in [0.25, 0.3) is 0 Å². The van der Waals surface area contributed by atoms with E-state index in [1.165, 1.54) is 0 Å². The van der Waals surface area contributed by atoms with Crippen LogP contribution in [0, 0.1) is 4.64 Å². The smallest absolute Gasteiger partial charge is 0.135 e. The first-order valence-electron chi connectivity index (χ1n) is 6.26. The molecule has 104 valence electrons. The molecule has 0 bridgehead atoms. The number of fused-ring (bicyclic) bond motifs is 1. The second kappa shape index (κ2) is 5.82. The van der Waals surface area contributed by atoms with E-state index in [9.17, 15) is 0 Å². The maximum atomic E-state index is 6.19. The van der Waals surface area contributed by atoms with E-state index in [4.69, 9.17) is 40.2 Å². The average Bonchev–Trinajstić information content (AvgIpc) is 2.43. The second-order valence-electron chi connectivity index (χ2n) is 4.63. The average molecular weight is 327 g/mol. The number of rotatable bonds is 2. The Balaban J connectivity index is 2.00. The molecule has 0 atom stereocenters. The lowest BCUT2D eigenvalue weighted by molar-refractivity contribution is 0.108. The molecule has 3 rings (SSSR count). The third-order valence-corrected chi connectivity index (χ3v) is 4.35. The number of aromatic nitrogens is 2. The SMILES string of the molecule is S=c1nc(Cc2c(Cl)cccc2Cl)[nH]c2c1COCC2. The molecule has 1 aliphatic heterocycles. The fourth-order valence-electron chi connectivity index (χ4n) is 2.26. The molecule has 6 heteroatoms. The monoisotopic (exact) mass is 326 g/mol. The Labute approximate surface area is 131 Å². The van der Waals surface area contributed by atoms with Crippen molar-refractivity contribution in [2.75, 3.05) is 6.61 Å². The summed E-state index contributed by atoms with van der Waals surface area (Å²) in [6.45, 7) is 1.24. The van der Waals surface area contributed by atoms with Crippen LogP contribution in [0.4, 0.5) is 0 Å². The molecule has 2 heterocycles. The van der Waals surface area contributed by atoms with Crippen molar-refractivity contribution in [1.29, 1.82) is 0 Å². The largest absolute Gasteiger partial charge is 0.376 e. The number of hydrogen-bond acceptors (Lipinski definition) is 3. The van der Waals surface area contributed by atoms with Crippen LogP contribution >= 0.6 is 35.4 Å². The first-order valence-corrected chi connectivity index (χ1v) is 7.43. The Hall–Kier alpha value is -0.940. The van der Waals surface area contributed by atoms with Crippen molar-refractivity contribution in [3.05, 3.63) is 55.5 Å². The number of H-pyrrole nitrogens is 1. The van der Waals surface area contributed by atoms with Crippen molar-refractivity contribution in [2.45, 2.75) is 19.4 Å². The van der Waals surface area contributed by atoms with Crippen molar-refractivity contribution in [3.8, 4) is 0 Å². The van der Waals surface area contributed by atoms with Gasteiger partial charge in [0.1, 0.15) is 10.5 Å². The Morgan fingerprint density at radius 2 is 2.05 bits per heavy atom. The summed E-state index contributed by atoms with van der Waals surface area (Å²) in [6, 6.07) is 5.47. The molecule has 0 saturated carbocycles. The number of benzene rings is 1. The molecule has 3 nitrogen and oxygen atoms in total. The van der Waals surface area contributed by atoms with Crippen LogP contribution in [0.25, 0.3) is 0 Å². The van der Waals surface area contributed by atoms with Gasteiger partial charge in [-0.1, -0.05) is 41.5 Å². The van der Waals surface area contributed by atoms with Gasteiger partial charge in [0.2, 0.25) is 0 Å². The predicted octanol–water partition coefficient (Wildman–Crippen LogP) is 4.11. The fourth-order valence-corrected chi connectivity index (χ4v) is 3.08. The van der Waals surface area contributed by atoms with Crippen LogP contribution in [0.5, 0.6) is 0 Å². The van der Waals surface area contributed by atoms with E-state index in [-0.39, 0.29) is 0 Å². The van der Waals surface area contributed by atoms with E-state index in [1.54, 1.807) is 0 Å². The predicted molar refractivity (Wildman–Crippen MR) is 82.0 cm³/mol. The number of ether oxygens (including phenoxy) is 1. The lowest BCUT2D eigenvalue weighted by Gasteiger charge is -2.17. The number of halogens is 2. The fraction of sp³-hybridized carbons (Fsp3) is 0.286. The van der Waals surface area contributed by atoms with Gasteiger partial charge in [-0.25, -0.2) is 4.98 Å². The highest BCUT2D eigenvalue weighted by atomic mass is 35.5. The van der Waals surface area contributed by atoms with E-state index in [2.05, 4.69) is 9.97 Å². The molecule has 1 aromatic carbocycles. The molecule has 0 spiro atoms. The van der Waals surface area contributed by atoms with Gasteiger partial charge in [0.15, 0.2) is 0 Å². The quantitative estimate of drug-likeness (QED) is 0.844. The van der Waals surface area contributed by atoms with Crippen molar-refractivity contribution < 1.29 is 4.74 Å². The lowest BCUT2D eigenvalue weighted by atomic mass is 10.1. The Bertz CT molecular complexity index is 695. The van der Waals surface area contributed by atoms with E-state index in [1.807, 2.05) is 18.2 Å². The molecule has 0 radical (unpaired) electrons. The molecule has 0 unspecified atom stereocenters. The number of hydrogen-bond donors (Lipinski definition) is 1. The highest BCUT2D eigenvalue weighted by molar-refractivity contribution is 7.71. The third-order valence-electron chi connectivity index (χ3n) is 3.30. The Kier molecular flexibility index (Phi) is 4.08. The summed E-state index contributed by atoms with van der Waals surface area (Å²) in [7, 11) is 0. The topological polar surface area (TPSA) is 37.9 Å². The first-order chi connectivity index (χ1) is 9.65. The van der Waals surface area contributed by atoms with Crippen LogP contribution in [0.2, 0.25) is 10.0 Å². The van der Waals surface area contributed by atoms with Crippen LogP contribution in [0.15, 0.2) is 18.2 Å². The van der Waals surface area contributed by atoms with Crippen LogP contribution in [-0.2, 0) is 24.2 Å². The minimum absolute atomic E-state index is 0.533. The van der Waals surface area contributed by atoms with E-state index in [0.717, 1.165) is 29.1 Å². The first kappa shape index (κ1) is 14.0. The summed E-state index contributed by atoms with van der Waals surface area (Å²) in [5.41, 5.74) is 2.95. The van der Waals surface area contributed by atoms with Crippen molar-refractivity contribution in [2.24, 2.45) is 0 Å². The van der Waals surface area contributed by atoms with Gasteiger partial charge < -0.3 is 9.72 Å². The van der Waals surface area contributed by atoms with Gasteiger partial charge in [0.05, 0.1) is 13.2 Å². The van der Waals surface area contributed by atoms with Crippen molar-refractivity contribution >= 4 is 35.4 Å². The normalized spacial score (nSPS) is 14.1. The molecular weight excluding hydrogens is 315 g/mol. The van der Waals surface area contributed by atoms with E-state index >= 15 is 0 Å². The molecule has 0 amide bonds. The maximum absolute atomic E-state index is 6.19. The van der Waals surface area contributed by atoms with Gasteiger partial charge in [-0.3, -0.25) is 0 Å². The molecule has 1 aliphatic rings. The Morgan fingerprint density at radius 3 is 2.80 bits per heavy atom. The third kappa shape index (κ3) is 2.74. The summed E-state index contributed by atoms with van der Waals surface area (Å²) in [4.78, 5) is 7.76. The standard InChI is InChI=1S/C14H12Cl2N2OS/c15-10-2-1-3-11(16)8(10)6-13-17-12-4-5-19-7-9(12)14(20)18-13/h1-3H,4-7H2,(H,17,18,20). The molecule has 0 aliphatic carbocycles. The summed E-state index contributed by atoms with van der Waals surface area (Å²) < 4.78 is 6.00.